The van der Waals surface area contributed by atoms with Crippen LogP contribution in [0.2, 0.25) is 0 Å². The van der Waals surface area contributed by atoms with Gasteiger partial charge in [0.25, 0.3) is 0 Å². The lowest BCUT2D eigenvalue weighted by Gasteiger charge is -2.39. The van der Waals surface area contributed by atoms with Crippen LogP contribution in [0, 0.1) is 0 Å². The van der Waals surface area contributed by atoms with Gasteiger partial charge in [-0.2, -0.15) is 0 Å². The predicted octanol–water partition coefficient (Wildman–Crippen LogP) is -3.06. The van der Waals surface area contributed by atoms with Crippen molar-refractivity contribution >= 4 is 0 Å². The van der Waals surface area contributed by atoms with Gasteiger partial charge in [0, 0.05) is 11.1 Å². The Bertz CT molecular complexity index is 665. The molecule has 3 heterocycles. The molecule has 2 aliphatic rings. The number of furan rings is 1. The Morgan fingerprint density at radius 1 is 0.733 bits per heavy atom. The molecule has 0 spiro atoms. The van der Waals surface area contributed by atoms with Crippen molar-refractivity contribution in [3.05, 3.63) is 23.7 Å². The Morgan fingerprint density at radius 3 is 1.77 bits per heavy atom. The van der Waals surface area contributed by atoms with Crippen molar-refractivity contribution in [2.45, 2.75) is 81.5 Å². The summed E-state index contributed by atoms with van der Waals surface area (Å²) in [7, 11) is 0. The van der Waals surface area contributed by atoms with Crippen LogP contribution in [0.15, 0.2) is 16.9 Å². The van der Waals surface area contributed by atoms with E-state index in [1.165, 1.54) is 19.5 Å². The van der Waals surface area contributed by atoms with Gasteiger partial charge < -0.3 is 59.1 Å². The summed E-state index contributed by atoms with van der Waals surface area (Å²) in [6.07, 6.45) is -10.3. The minimum Gasteiger partial charge on any atom is -0.472 e. The zero-order valence-corrected chi connectivity index (χ0v) is 16.2. The molecule has 0 radical (unpaired) electrons. The van der Waals surface area contributed by atoms with Gasteiger partial charge in [0.05, 0.1) is 38.5 Å². The summed E-state index contributed by atoms with van der Waals surface area (Å²) in [4.78, 5) is 0. The van der Waals surface area contributed by atoms with Crippen LogP contribution in [0.1, 0.15) is 18.1 Å². The van der Waals surface area contributed by atoms with Crippen molar-refractivity contribution in [2.75, 3.05) is 6.61 Å². The predicted molar refractivity (Wildman–Crippen MR) is 94.4 cm³/mol. The van der Waals surface area contributed by atoms with E-state index in [0.717, 1.165) is 0 Å². The van der Waals surface area contributed by atoms with E-state index >= 15 is 0 Å². The van der Waals surface area contributed by atoms with E-state index in [4.69, 9.17) is 23.4 Å². The quantitative estimate of drug-likeness (QED) is 0.229. The van der Waals surface area contributed by atoms with Crippen molar-refractivity contribution in [3.63, 3.8) is 0 Å². The average molecular weight is 436 g/mol. The fraction of sp³-hybridized carbons (Fsp3) is 0.778. The molecule has 172 valence electrons. The van der Waals surface area contributed by atoms with Crippen LogP contribution in [0.25, 0.3) is 0 Å². The third-order valence-corrected chi connectivity index (χ3v) is 5.30. The minimum atomic E-state index is -1.55. The molecule has 0 aromatic carbocycles. The van der Waals surface area contributed by atoms with Crippen LogP contribution in [-0.2, 0) is 32.2 Å². The van der Waals surface area contributed by atoms with Gasteiger partial charge >= 0.3 is 0 Å². The van der Waals surface area contributed by atoms with Gasteiger partial charge in [-0.3, -0.25) is 0 Å². The van der Waals surface area contributed by atoms with Gasteiger partial charge in [0.2, 0.25) is 0 Å². The lowest BCUT2D eigenvalue weighted by Crippen LogP contribution is -2.59. The standard InChI is InChI=1S/C18H28O12/c1-7-11(20)13(22)15(24)17(29-7)27-5-8-3-26-4-9(8)6-28-18-16(25)14(23)12(21)10(2-19)30-18/h3-4,7,10-25H,2,5-6H2,1H3/t7-,10-,11+,12+,13+,14+,15-,16-,17?,18?/m1/s1. The Balaban J connectivity index is 1.56. The fourth-order valence-electron chi connectivity index (χ4n) is 3.30. The molecule has 12 heteroatoms. The number of aliphatic hydroxyl groups excluding tert-OH is 7. The molecule has 30 heavy (non-hydrogen) atoms. The van der Waals surface area contributed by atoms with E-state index in [1.54, 1.807) is 0 Å². The van der Waals surface area contributed by atoms with Crippen molar-refractivity contribution in [1.82, 2.24) is 0 Å². The van der Waals surface area contributed by atoms with E-state index in [0.29, 0.717) is 11.1 Å². The van der Waals surface area contributed by atoms with Gasteiger partial charge in [0.1, 0.15) is 42.7 Å². The van der Waals surface area contributed by atoms with Crippen molar-refractivity contribution in [2.24, 2.45) is 0 Å². The molecule has 2 aliphatic heterocycles. The normalized spacial score (nSPS) is 42.4. The topological polar surface area (TPSA) is 192 Å². The first-order valence-corrected chi connectivity index (χ1v) is 9.52. The molecule has 0 saturated carbocycles. The van der Waals surface area contributed by atoms with E-state index in [9.17, 15) is 35.7 Å². The maximum Gasteiger partial charge on any atom is 0.187 e. The summed E-state index contributed by atoms with van der Waals surface area (Å²) in [5.74, 6) is 0. The van der Waals surface area contributed by atoms with Gasteiger partial charge in [-0.25, -0.2) is 0 Å². The summed E-state index contributed by atoms with van der Waals surface area (Å²) in [6, 6.07) is 0. The summed E-state index contributed by atoms with van der Waals surface area (Å²) in [5, 5.41) is 68.4. The largest absolute Gasteiger partial charge is 0.472 e. The fourth-order valence-corrected chi connectivity index (χ4v) is 3.30. The van der Waals surface area contributed by atoms with Crippen molar-refractivity contribution in [1.29, 1.82) is 0 Å². The number of hydrogen-bond acceptors (Lipinski definition) is 12. The lowest BCUT2D eigenvalue weighted by atomic mass is 9.99. The zero-order valence-electron chi connectivity index (χ0n) is 16.2. The molecule has 2 unspecified atom stereocenters. The second kappa shape index (κ2) is 9.97. The monoisotopic (exact) mass is 436 g/mol. The van der Waals surface area contributed by atoms with Crippen LogP contribution < -0.4 is 0 Å². The highest BCUT2D eigenvalue weighted by Gasteiger charge is 2.44. The van der Waals surface area contributed by atoms with E-state index in [2.05, 4.69) is 0 Å². The summed E-state index contributed by atoms with van der Waals surface area (Å²) < 4.78 is 26.7. The first-order valence-electron chi connectivity index (χ1n) is 9.52. The number of rotatable bonds is 7. The Kier molecular flexibility index (Phi) is 7.81. The maximum atomic E-state index is 10.0. The SMILES string of the molecule is C[C@H]1OC(OCc2cocc2COC2O[C@H](CO)[C@H](O)[C@H](O)[C@H]2O)[C@H](O)[C@@H](O)[C@H]1O. The van der Waals surface area contributed by atoms with Gasteiger partial charge in [-0.1, -0.05) is 0 Å². The van der Waals surface area contributed by atoms with Crippen molar-refractivity contribution < 1.29 is 59.1 Å². The molecule has 10 atom stereocenters. The van der Waals surface area contributed by atoms with Gasteiger partial charge in [0.15, 0.2) is 12.6 Å². The van der Waals surface area contributed by atoms with E-state index in [-0.39, 0.29) is 13.2 Å². The maximum absolute atomic E-state index is 10.0. The molecule has 2 fully saturated rings. The first-order chi connectivity index (χ1) is 14.2. The average Bonchev–Trinajstić information content (AvgIpc) is 3.19. The Hall–Kier alpha value is -1.16. The summed E-state index contributed by atoms with van der Waals surface area (Å²) >= 11 is 0. The highest BCUT2D eigenvalue weighted by molar-refractivity contribution is 5.19. The highest BCUT2D eigenvalue weighted by atomic mass is 16.7. The van der Waals surface area contributed by atoms with Gasteiger partial charge in [-0.05, 0) is 6.92 Å². The van der Waals surface area contributed by atoms with Crippen LogP contribution in [0.3, 0.4) is 0 Å². The van der Waals surface area contributed by atoms with E-state index in [1.807, 2.05) is 0 Å². The molecule has 0 bridgehead atoms. The Labute approximate surface area is 171 Å². The number of ether oxygens (including phenoxy) is 4. The Morgan fingerprint density at radius 2 is 1.23 bits per heavy atom. The third-order valence-electron chi connectivity index (χ3n) is 5.30. The van der Waals surface area contributed by atoms with Crippen LogP contribution >= 0.6 is 0 Å². The lowest BCUT2D eigenvalue weighted by molar-refractivity contribution is -0.304. The van der Waals surface area contributed by atoms with E-state index < -0.39 is 68.0 Å². The number of aliphatic hydroxyl groups is 7. The summed E-state index contributed by atoms with van der Waals surface area (Å²) in [6.45, 7) is 0.761. The second-order valence-corrected chi connectivity index (χ2v) is 7.42. The first kappa shape index (κ1) is 23.5. The molecule has 2 saturated heterocycles. The van der Waals surface area contributed by atoms with Crippen LogP contribution in [-0.4, -0.2) is 104 Å². The molecule has 0 aliphatic carbocycles. The molecule has 7 N–H and O–H groups in total. The number of hydrogen-bond donors (Lipinski definition) is 7. The molecule has 12 nitrogen and oxygen atoms in total. The molecule has 3 rings (SSSR count). The van der Waals surface area contributed by atoms with Gasteiger partial charge in [-0.15, -0.1) is 0 Å². The molecule has 0 amide bonds. The van der Waals surface area contributed by atoms with Crippen LogP contribution in [0.5, 0.6) is 0 Å². The zero-order chi connectivity index (χ0) is 22.0. The molecular formula is C18H28O12. The summed E-state index contributed by atoms with van der Waals surface area (Å²) in [5.41, 5.74) is 1.02. The smallest absolute Gasteiger partial charge is 0.187 e. The van der Waals surface area contributed by atoms with Crippen molar-refractivity contribution in [3.8, 4) is 0 Å². The van der Waals surface area contributed by atoms with Crippen LogP contribution in [0.4, 0.5) is 0 Å². The highest BCUT2D eigenvalue weighted by Crippen LogP contribution is 2.25. The molecular weight excluding hydrogens is 408 g/mol. The molecule has 1 aromatic rings. The minimum absolute atomic E-state index is 0.0822. The third kappa shape index (κ3) is 4.84. The second-order valence-electron chi connectivity index (χ2n) is 7.42. The molecule has 1 aromatic heterocycles.